The van der Waals surface area contributed by atoms with Crippen molar-refractivity contribution in [3.05, 3.63) is 17.5 Å². The van der Waals surface area contributed by atoms with Crippen molar-refractivity contribution in [3.63, 3.8) is 0 Å². The Balaban J connectivity index is 2.14. The predicted octanol–water partition coefficient (Wildman–Crippen LogP) is 0.472. The van der Waals surface area contributed by atoms with Crippen LogP contribution in [0.25, 0.3) is 0 Å². The maximum atomic E-state index is 10.5. The molecule has 1 aliphatic heterocycles. The highest BCUT2D eigenvalue weighted by Gasteiger charge is 2.23. The Morgan fingerprint density at radius 1 is 1.80 bits per heavy atom. The zero-order valence-electron chi connectivity index (χ0n) is 8.73. The maximum absolute atomic E-state index is 10.5. The van der Waals surface area contributed by atoms with Gasteiger partial charge in [0.15, 0.2) is 0 Å². The van der Waals surface area contributed by atoms with Crippen LogP contribution in [0.3, 0.4) is 0 Å². The van der Waals surface area contributed by atoms with Gasteiger partial charge in [0.25, 0.3) is 0 Å². The van der Waals surface area contributed by atoms with E-state index in [0.29, 0.717) is 6.42 Å². The lowest BCUT2D eigenvalue weighted by Gasteiger charge is -2.24. The van der Waals surface area contributed by atoms with Crippen molar-refractivity contribution in [3.8, 4) is 0 Å². The van der Waals surface area contributed by atoms with Gasteiger partial charge in [0.2, 0.25) is 0 Å². The lowest BCUT2D eigenvalue weighted by atomic mass is 9.98. The molecule has 0 saturated heterocycles. The molecule has 0 fully saturated rings. The molecule has 5 nitrogen and oxygen atoms in total. The van der Waals surface area contributed by atoms with Crippen LogP contribution < -0.4 is 5.32 Å². The predicted molar refractivity (Wildman–Crippen MR) is 54.5 cm³/mol. The fraction of sp³-hybridized carbons (Fsp3) is 0.600. The van der Waals surface area contributed by atoms with Gasteiger partial charge < -0.3 is 10.4 Å². The quantitative estimate of drug-likeness (QED) is 0.759. The molecule has 1 unspecified atom stereocenters. The molecule has 0 aliphatic carbocycles. The Morgan fingerprint density at radius 3 is 3.33 bits per heavy atom. The van der Waals surface area contributed by atoms with E-state index in [2.05, 4.69) is 10.4 Å². The van der Waals surface area contributed by atoms with Crippen molar-refractivity contribution >= 4 is 5.97 Å². The Hall–Kier alpha value is -1.36. The Kier molecular flexibility index (Phi) is 2.73. The topological polar surface area (TPSA) is 67.2 Å². The summed E-state index contributed by atoms with van der Waals surface area (Å²) in [7, 11) is 1.90. The number of aryl methyl sites for hydroxylation is 1. The summed E-state index contributed by atoms with van der Waals surface area (Å²) in [5.41, 5.74) is 2.38. The van der Waals surface area contributed by atoms with Crippen molar-refractivity contribution in [2.75, 3.05) is 6.54 Å². The van der Waals surface area contributed by atoms with Gasteiger partial charge in [0.1, 0.15) is 0 Å². The van der Waals surface area contributed by atoms with Crippen molar-refractivity contribution in [1.82, 2.24) is 15.1 Å². The van der Waals surface area contributed by atoms with Gasteiger partial charge >= 0.3 is 5.97 Å². The first-order chi connectivity index (χ1) is 7.18. The summed E-state index contributed by atoms with van der Waals surface area (Å²) in [5.74, 6) is -0.744. The van der Waals surface area contributed by atoms with Gasteiger partial charge in [-0.05, 0) is 24.9 Å². The van der Waals surface area contributed by atoms with Crippen LogP contribution in [0.15, 0.2) is 6.20 Å². The molecule has 5 heteroatoms. The third-order valence-electron chi connectivity index (χ3n) is 2.83. The number of aliphatic carboxylic acids is 1. The zero-order chi connectivity index (χ0) is 10.8. The smallest absolute Gasteiger partial charge is 0.303 e. The van der Waals surface area contributed by atoms with E-state index in [1.54, 1.807) is 0 Å². The lowest BCUT2D eigenvalue weighted by molar-refractivity contribution is -0.137. The molecule has 2 N–H and O–H groups in total. The Morgan fingerprint density at radius 2 is 2.60 bits per heavy atom. The number of hydrogen-bond acceptors (Lipinski definition) is 3. The van der Waals surface area contributed by atoms with Crippen LogP contribution >= 0.6 is 0 Å². The number of carbonyl (C=O) groups is 1. The molecular formula is C10H15N3O2. The van der Waals surface area contributed by atoms with Crippen LogP contribution in [0, 0.1) is 0 Å². The van der Waals surface area contributed by atoms with Gasteiger partial charge in [-0.3, -0.25) is 9.48 Å². The van der Waals surface area contributed by atoms with E-state index in [-0.39, 0.29) is 12.5 Å². The fourth-order valence-electron chi connectivity index (χ4n) is 2.12. The maximum Gasteiger partial charge on any atom is 0.303 e. The molecule has 1 aliphatic rings. The van der Waals surface area contributed by atoms with E-state index in [1.807, 2.05) is 17.9 Å². The SMILES string of the molecule is Cn1ncc2c1C(CCC(=O)O)NCC2. The second-order valence-electron chi connectivity index (χ2n) is 3.87. The second kappa shape index (κ2) is 4.02. The third-order valence-corrected chi connectivity index (χ3v) is 2.83. The van der Waals surface area contributed by atoms with Gasteiger partial charge in [-0.15, -0.1) is 0 Å². The molecule has 0 bridgehead atoms. The Labute approximate surface area is 88.1 Å². The molecule has 0 amide bonds. The van der Waals surface area contributed by atoms with E-state index in [1.165, 1.54) is 5.56 Å². The number of hydrogen-bond donors (Lipinski definition) is 2. The lowest BCUT2D eigenvalue weighted by Crippen LogP contribution is -2.31. The minimum atomic E-state index is -0.744. The first kappa shape index (κ1) is 10.2. The molecule has 1 aromatic heterocycles. The average molecular weight is 209 g/mol. The third kappa shape index (κ3) is 2.02. The van der Waals surface area contributed by atoms with Gasteiger partial charge in [0, 0.05) is 19.5 Å². The van der Waals surface area contributed by atoms with Gasteiger partial charge in [-0.25, -0.2) is 0 Å². The highest BCUT2D eigenvalue weighted by atomic mass is 16.4. The van der Waals surface area contributed by atoms with E-state index in [4.69, 9.17) is 5.11 Å². The number of rotatable bonds is 3. The summed E-state index contributed by atoms with van der Waals surface area (Å²) in [4.78, 5) is 10.5. The number of carboxylic acids is 1. The zero-order valence-corrected chi connectivity index (χ0v) is 8.73. The first-order valence-electron chi connectivity index (χ1n) is 5.14. The molecule has 2 heterocycles. The van der Waals surface area contributed by atoms with Crippen molar-refractivity contribution in [2.24, 2.45) is 7.05 Å². The first-order valence-corrected chi connectivity index (χ1v) is 5.14. The van der Waals surface area contributed by atoms with Crippen LogP contribution in [0.2, 0.25) is 0 Å². The molecule has 82 valence electrons. The van der Waals surface area contributed by atoms with E-state index < -0.39 is 5.97 Å². The van der Waals surface area contributed by atoms with Gasteiger partial charge in [-0.2, -0.15) is 5.10 Å². The monoisotopic (exact) mass is 209 g/mol. The Bertz CT molecular complexity index is 373. The van der Waals surface area contributed by atoms with Crippen LogP contribution in [0.1, 0.15) is 30.1 Å². The minimum absolute atomic E-state index is 0.136. The number of fused-ring (bicyclic) bond motifs is 1. The number of aromatic nitrogens is 2. The average Bonchev–Trinajstić information content (AvgIpc) is 2.58. The second-order valence-corrected chi connectivity index (χ2v) is 3.87. The fourth-order valence-corrected chi connectivity index (χ4v) is 2.12. The molecule has 0 radical (unpaired) electrons. The highest BCUT2D eigenvalue weighted by Crippen LogP contribution is 2.25. The summed E-state index contributed by atoms with van der Waals surface area (Å²) in [5, 5.41) is 16.2. The summed E-state index contributed by atoms with van der Waals surface area (Å²) < 4.78 is 1.84. The number of carboxylic acid groups (broad SMARTS) is 1. The van der Waals surface area contributed by atoms with E-state index in [0.717, 1.165) is 18.7 Å². The van der Waals surface area contributed by atoms with E-state index in [9.17, 15) is 4.79 Å². The molecule has 0 saturated carbocycles. The van der Waals surface area contributed by atoms with Crippen molar-refractivity contribution < 1.29 is 9.90 Å². The van der Waals surface area contributed by atoms with Crippen LogP contribution in [-0.4, -0.2) is 27.4 Å². The molecule has 2 rings (SSSR count). The highest BCUT2D eigenvalue weighted by molar-refractivity contribution is 5.66. The molecule has 1 aromatic rings. The summed E-state index contributed by atoms with van der Waals surface area (Å²) in [6.07, 6.45) is 3.68. The number of nitrogens with zero attached hydrogens (tertiary/aromatic N) is 2. The van der Waals surface area contributed by atoms with Crippen molar-refractivity contribution in [1.29, 1.82) is 0 Å². The van der Waals surface area contributed by atoms with E-state index >= 15 is 0 Å². The summed E-state index contributed by atoms with van der Waals surface area (Å²) in [6.45, 7) is 0.906. The van der Waals surface area contributed by atoms with Crippen LogP contribution in [-0.2, 0) is 18.3 Å². The largest absolute Gasteiger partial charge is 0.481 e. The van der Waals surface area contributed by atoms with Crippen LogP contribution in [0.5, 0.6) is 0 Å². The van der Waals surface area contributed by atoms with Crippen molar-refractivity contribution in [2.45, 2.75) is 25.3 Å². The summed E-state index contributed by atoms with van der Waals surface area (Å²) in [6, 6.07) is 0.136. The van der Waals surface area contributed by atoms with Gasteiger partial charge in [-0.1, -0.05) is 0 Å². The molecule has 15 heavy (non-hydrogen) atoms. The molecular weight excluding hydrogens is 194 g/mol. The molecule has 1 atom stereocenters. The molecule has 0 aromatic carbocycles. The standard InChI is InChI=1S/C10H15N3O2/c1-13-10-7(6-12-13)4-5-11-8(10)2-3-9(14)15/h6,8,11H,2-5H2,1H3,(H,14,15). The van der Waals surface area contributed by atoms with Crippen LogP contribution in [0.4, 0.5) is 0 Å². The number of nitrogens with one attached hydrogen (secondary N) is 1. The summed E-state index contributed by atoms with van der Waals surface area (Å²) >= 11 is 0. The van der Waals surface area contributed by atoms with Gasteiger partial charge in [0.05, 0.1) is 11.9 Å². The molecule has 0 spiro atoms. The minimum Gasteiger partial charge on any atom is -0.481 e. The normalized spacial score (nSPS) is 19.9.